The lowest BCUT2D eigenvalue weighted by atomic mass is 10.1. The molecule has 0 aliphatic carbocycles. The zero-order valence-electron chi connectivity index (χ0n) is 18.3. The second kappa shape index (κ2) is 9.80. The van der Waals surface area contributed by atoms with Gasteiger partial charge in [0.2, 0.25) is 15.9 Å². The van der Waals surface area contributed by atoms with Gasteiger partial charge < -0.3 is 10.2 Å². The first-order valence-corrected chi connectivity index (χ1v) is 11.7. The second-order valence-corrected chi connectivity index (χ2v) is 10.3. The van der Waals surface area contributed by atoms with Crippen molar-refractivity contribution in [2.45, 2.75) is 44.6 Å². The van der Waals surface area contributed by atoms with Crippen molar-refractivity contribution >= 4 is 39.1 Å². The van der Waals surface area contributed by atoms with Crippen LogP contribution < -0.4 is 10.0 Å². The van der Waals surface area contributed by atoms with Gasteiger partial charge in [-0.15, -0.1) is 0 Å². The van der Waals surface area contributed by atoms with E-state index in [-0.39, 0.29) is 27.9 Å². The van der Waals surface area contributed by atoms with Crippen LogP contribution in [0, 0.1) is 0 Å². The summed E-state index contributed by atoms with van der Waals surface area (Å²) in [7, 11) is -2.46. The smallest absolute Gasteiger partial charge is 0.254 e. The van der Waals surface area contributed by atoms with Crippen LogP contribution in [-0.2, 0) is 21.2 Å². The van der Waals surface area contributed by atoms with E-state index in [9.17, 15) is 18.0 Å². The lowest BCUT2D eigenvalue weighted by Crippen LogP contribution is -2.40. The maximum absolute atomic E-state index is 12.8. The zero-order valence-corrected chi connectivity index (χ0v) is 19.9. The maximum atomic E-state index is 12.8. The van der Waals surface area contributed by atoms with E-state index < -0.39 is 21.5 Å². The number of rotatable bonds is 7. The molecule has 0 saturated heterocycles. The summed E-state index contributed by atoms with van der Waals surface area (Å²) in [4.78, 5) is 26.3. The van der Waals surface area contributed by atoms with Crippen LogP contribution in [0.2, 0.25) is 5.02 Å². The molecule has 0 aliphatic heterocycles. The number of carbonyl (C=O) groups excluding carboxylic acids is 2. The lowest BCUT2D eigenvalue weighted by molar-refractivity contribution is -0.116. The number of halogens is 1. The van der Waals surface area contributed by atoms with E-state index in [1.54, 1.807) is 26.8 Å². The van der Waals surface area contributed by atoms with E-state index in [1.165, 1.54) is 30.1 Å². The SMILES string of the molecule is CCc1ccccc1NC(=O)CN(C)C(=O)c1ccc(Cl)c(S(=O)(=O)NC(C)(C)C)c1. The molecular weight excluding hydrogens is 438 g/mol. The van der Waals surface area contributed by atoms with Gasteiger partial charge in [0, 0.05) is 23.8 Å². The van der Waals surface area contributed by atoms with Crippen molar-refractivity contribution < 1.29 is 18.0 Å². The quantitative estimate of drug-likeness (QED) is 0.651. The summed E-state index contributed by atoms with van der Waals surface area (Å²) < 4.78 is 27.9. The molecule has 2 N–H and O–H groups in total. The zero-order chi connectivity index (χ0) is 23.4. The number of hydrogen-bond donors (Lipinski definition) is 2. The third kappa shape index (κ3) is 6.78. The van der Waals surface area contributed by atoms with Gasteiger partial charge in [-0.2, -0.15) is 0 Å². The third-order valence-electron chi connectivity index (χ3n) is 4.31. The molecule has 0 unspecified atom stereocenters. The van der Waals surface area contributed by atoms with Crippen LogP contribution in [0.15, 0.2) is 47.4 Å². The largest absolute Gasteiger partial charge is 0.332 e. The number of nitrogens with zero attached hydrogens (tertiary/aromatic N) is 1. The molecule has 2 aromatic carbocycles. The van der Waals surface area contributed by atoms with E-state index in [0.717, 1.165) is 12.0 Å². The first kappa shape index (κ1) is 24.8. The van der Waals surface area contributed by atoms with Crippen molar-refractivity contribution in [2.24, 2.45) is 0 Å². The van der Waals surface area contributed by atoms with Crippen molar-refractivity contribution in [1.29, 1.82) is 0 Å². The minimum Gasteiger partial charge on any atom is -0.332 e. The van der Waals surface area contributed by atoms with Gasteiger partial charge in [-0.3, -0.25) is 9.59 Å². The molecule has 0 fully saturated rings. The molecule has 2 amide bonds. The molecule has 0 heterocycles. The Labute approximate surface area is 188 Å². The molecule has 2 rings (SSSR count). The molecule has 2 aromatic rings. The minimum absolute atomic E-state index is 0.00451. The summed E-state index contributed by atoms with van der Waals surface area (Å²) in [6.45, 7) is 6.91. The Kier molecular flexibility index (Phi) is 7.86. The van der Waals surface area contributed by atoms with Crippen LogP contribution in [0.5, 0.6) is 0 Å². The molecule has 168 valence electrons. The van der Waals surface area contributed by atoms with E-state index in [2.05, 4.69) is 10.0 Å². The normalized spacial score (nSPS) is 11.8. The number of aryl methyl sites for hydroxylation is 1. The molecule has 7 nitrogen and oxygen atoms in total. The van der Waals surface area contributed by atoms with E-state index in [0.29, 0.717) is 5.69 Å². The van der Waals surface area contributed by atoms with Crippen LogP contribution in [0.1, 0.15) is 43.6 Å². The topological polar surface area (TPSA) is 95.6 Å². The van der Waals surface area contributed by atoms with E-state index >= 15 is 0 Å². The van der Waals surface area contributed by atoms with Gasteiger partial charge >= 0.3 is 0 Å². The average molecular weight is 466 g/mol. The van der Waals surface area contributed by atoms with Crippen LogP contribution in [0.3, 0.4) is 0 Å². The molecule has 0 aromatic heterocycles. The highest BCUT2D eigenvalue weighted by atomic mass is 35.5. The molecular formula is C22H28ClN3O4S. The molecule has 9 heteroatoms. The summed E-state index contributed by atoms with van der Waals surface area (Å²) in [5, 5.41) is 2.81. The second-order valence-electron chi connectivity index (χ2n) is 8.22. The molecule has 0 spiro atoms. The standard InChI is InChI=1S/C22H28ClN3O4S/c1-6-15-9-7-8-10-18(15)24-20(27)14-26(5)21(28)16-11-12-17(23)19(13-16)31(29,30)25-22(2,3)4/h7-13,25H,6,14H2,1-5H3,(H,24,27). The monoisotopic (exact) mass is 465 g/mol. The molecule has 0 atom stereocenters. The molecule has 0 radical (unpaired) electrons. The van der Waals surface area contributed by atoms with Gasteiger partial charge in [0.05, 0.1) is 11.6 Å². The Morgan fingerprint density at radius 1 is 1.10 bits per heavy atom. The minimum atomic E-state index is -3.93. The Morgan fingerprint density at radius 3 is 2.35 bits per heavy atom. The summed E-state index contributed by atoms with van der Waals surface area (Å²) in [6.07, 6.45) is 0.760. The number of anilines is 1. The molecule has 0 saturated carbocycles. The average Bonchev–Trinajstić information content (AvgIpc) is 2.66. The fourth-order valence-electron chi connectivity index (χ4n) is 2.95. The number of hydrogen-bond acceptors (Lipinski definition) is 4. The van der Waals surface area contributed by atoms with Crippen LogP contribution in [0.25, 0.3) is 0 Å². The molecule has 0 aliphatic rings. The number of carbonyl (C=O) groups is 2. The van der Waals surface area contributed by atoms with Crippen molar-refractivity contribution in [3.05, 3.63) is 58.6 Å². The third-order valence-corrected chi connectivity index (χ3v) is 6.55. The van der Waals surface area contributed by atoms with Gasteiger partial charge in [0.15, 0.2) is 0 Å². The fourth-order valence-corrected chi connectivity index (χ4v) is 4.89. The van der Waals surface area contributed by atoms with E-state index in [4.69, 9.17) is 11.6 Å². The summed E-state index contributed by atoms with van der Waals surface area (Å²) >= 11 is 6.09. The van der Waals surface area contributed by atoms with Crippen molar-refractivity contribution in [2.75, 3.05) is 18.9 Å². The van der Waals surface area contributed by atoms with Gasteiger partial charge in [-0.25, -0.2) is 13.1 Å². The maximum Gasteiger partial charge on any atom is 0.254 e. The first-order chi connectivity index (χ1) is 14.3. The first-order valence-electron chi connectivity index (χ1n) is 9.81. The predicted octanol–water partition coefficient (Wildman–Crippen LogP) is 3.69. The summed E-state index contributed by atoms with van der Waals surface area (Å²) in [6, 6.07) is 11.5. The predicted molar refractivity (Wildman–Crippen MR) is 123 cm³/mol. The highest BCUT2D eigenvalue weighted by Crippen LogP contribution is 2.24. The molecule has 31 heavy (non-hydrogen) atoms. The van der Waals surface area contributed by atoms with Gasteiger partial charge in [-0.1, -0.05) is 36.7 Å². The van der Waals surface area contributed by atoms with E-state index in [1.807, 2.05) is 25.1 Å². The number of nitrogens with one attached hydrogen (secondary N) is 2. The van der Waals surface area contributed by atoms with Crippen molar-refractivity contribution in [3.8, 4) is 0 Å². The number of likely N-dealkylation sites (N-methyl/N-ethyl adjacent to an activating group) is 1. The number of para-hydroxylation sites is 1. The Bertz CT molecular complexity index is 1080. The number of amides is 2. The summed E-state index contributed by atoms with van der Waals surface area (Å²) in [5.41, 5.74) is 1.09. The summed E-state index contributed by atoms with van der Waals surface area (Å²) in [5.74, 6) is -0.851. The highest BCUT2D eigenvalue weighted by Gasteiger charge is 2.26. The number of sulfonamides is 1. The Balaban J connectivity index is 2.18. The van der Waals surface area contributed by atoms with Gasteiger partial charge in [0.25, 0.3) is 5.91 Å². The fraction of sp³-hybridized carbons (Fsp3) is 0.364. The van der Waals surface area contributed by atoms with Crippen molar-refractivity contribution in [3.63, 3.8) is 0 Å². The molecule has 0 bridgehead atoms. The Morgan fingerprint density at radius 2 is 1.74 bits per heavy atom. The van der Waals surface area contributed by atoms with Crippen molar-refractivity contribution in [1.82, 2.24) is 9.62 Å². The van der Waals surface area contributed by atoms with Gasteiger partial charge in [0.1, 0.15) is 4.90 Å². The Hall–Kier alpha value is -2.42. The highest BCUT2D eigenvalue weighted by molar-refractivity contribution is 7.89. The van der Waals surface area contributed by atoms with Crippen LogP contribution >= 0.6 is 11.6 Å². The number of benzene rings is 2. The lowest BCUT2D eigenvalue weighted by Gasteiger charge is -2.21. The van der Waals surface area contributed by atoms with Crippen LogP contribution in [-0.4, -0.2) is 44.3 Å². The van der Waals surface area contributed by atoms with Crippen LogP contribution in [0.4, 0.5) is 5.69 Å². The van der Waals surface area contributed by atoms with Gasteiger partial charge in [-0.05, 0) is 57.0 Å².